The van der Waals surface area contributed by atoms with E-state index in [4.69, 9.17) is 4.74 Å². The first kappa shape index (κ1) is 28.9. The van der Waals surface area contributed by atoms with E-state index in [0.717, 1.165) is 36.8 Å². The van der Waals surface area contributed by atoms with Gasteiger partial charge in [0.2, 0.25) is 5.91 Å². The molecule has 0 bridgehead atoms. The first-order valence-corrected chi connectivity index (χ1v) is 15.3. The van der Waals surface area contributed by atoms with E-state index in [2.05, 4.69) is 15.6 Å². The van der Waals surface area contributed by atoms with Crippen LogP contribution in [0.3, 0.4) is 0 Å². The highest BCUT2D eigenvalue weighted by Gasteiger charge is 2.21. The van der Waals surface area contributed by atoms with Gasteiger partial charge < -0.3 is 20.5 Å². The van der Waals surface area contributed by atoms with Gasteiger partial charge in [-0.25, -0.2) is 13.4 Å². The quantitative estimate of drug-likeness (QED) is 0.332. The third-order valence-corrected chi connectivity index (χ3v) is 9.47. The molecule has 11 heteroatoms. The summed E-state index contributed by atoms with van der Waals surface area (Å²) in [5, 5.41) is 16.5. The third kappa shape index (κ3) is 7.72. The number of aromatic nitrogens is 1. The van der Waals surface area contributed by atoms with Gasteiger partial charge in [-0.15, -0.1) is 11.3 Å². The van der Waals surface area contributed by atoms with Crippen LogP contribution in [-0.4, -0.2) is 54.3 Å². The van der Waals surface area contributed by atoms with E-state index in [0.29, 0.717) is 17.4 Å². The van der Waals surface area contributed by atoms with E-state index in [1.807, 2.05) is 29.6 Å². The van der Waals surface area contributed by atoms with Gasteiger partial charge in [0.25, 0.3) is 5.91 Å². The number of aliphatic hydroxyl groups excluding tert-OH is 1. The maximum Gasteiger partial charge on any atom is 0.251 e. The number of anilines is 1. The molecule has 0 saturated heterocycles. The summed E-state index contributed by atoms with van der Waals surface area (Å²) in [4.78, 5) is 29.5. The SMILES string of the molecule is CC(C)S(=O)(=O)c1cccc(C(=O)NCC(=O)Nc2nc(-c3cccc(CO[C@H]4CC[C@H](O)CC4)c3)cs2)c1. The van der Waals surface area contributed by atoms with Crippen LogP contribution in [0.5, 0.6) is 0 Å². The number of hydrogen-bond donors (Lipinski definition) is 3. The summed E-state index contributed by atoms with van der Waals surface area (Å²) < 4.78 is 30.8. The molecule has 39 heavy (non-hydrogen) atoms. The fraction of sp³-hybridized carbons (Fsp3) is 0.393. The molecule has 1 saturated carbocycles. The largest absolute Gasteiger partial charge is 0.393 e. The standard InChI is InChI=1S/C28H33N3O6S2/c1-18(2)39(35,36)24-8-4-7-21(14-24)27(34)29-15-26(33)31-28-30-25(17-38-28)20-6-3-5-19(13-20)16-37-23-11-9-22(32)10-12-23/h3-8,13-14,17-18,22-23,32H,9-12,15-16H2,1-2H3,(H,29,34)(H,30,31,33)/t22-,23-. The van der Waals surface area contributed by atoms with Crippen molar-refractivity contribution in [3.8, 4) is 11.3 Å². The molecular formula is C28H33N3O6S2. The van der Waals surface area contributed by atoms with E-state index in [9.17, 15) is 23.1 Å². The lowest BCUT2D eigenvalue weighted by Crippen LogP contribution is -2.33. The minimum absolute atomic E-state index is 0.0642. The minimum Gasteiger partial charge on any atom is -0.393 e. The summed E-state index contributed by atoms with van der Waals surface area (Å²) in [5.74, 6) is -0.996. The number of carbonyl (C=O) groups excluding carboxylic acids is 2. The van der Waals surface area contributed by atoms with Crippen molar-refractivity contribution >= 4 is 38.1 Å². The fourth-order valence-electron chi connectivity index (χ4n) is 4.22. The molecule has 0 radical (unpaired) electrons. The van der Waals surface area contributed by atoms with E-state index < -0.39 is 26.9 Å². The van der Waals surface area contributed by atoms with Crippen LogP contribution in [0.4, 0.5) is 5.13 Å². The average molecular weight is 572 g/mol. The lowest BCUT2D eigenvalue weighted by Gasteiger charge is -2.25. The van der Waals surface area contributed by atoms with Crippen LogP contribution in [0, 0.1) is 0 Å². The van der Waals surface area contributed by atoms with Crippen molar-refractivity contribution in [3.05, 3.63) is 65.0 Å². The predicted molar refractivity (Wildman–Crippen MR) is 150 cm³/mol. The van der Waals surface area contributed by atoms with Crippen molar-refractivity contribution in [1.29, 1.82) is 0 Å². The van der Waals surface area contributed by atoms with Crippen molar-refractivity contribution in [3.63, 3.8) is 0 Å². The number of rotatable bonds is 10. The molecule has 2 amide bonds. The van der Waals surface area contributed by atoms with Gasteiger partial charge in [0.05, 0.1) is 41.2 Å². The number of nitrogens with one attached hydrogen (secondary N) is 2. The van der Waals surface area contributed by atoms with Crippen molar-refractivity contribution in [2.24, 2.45) is 0 Å². The van der Waals surface area contributed by atoms with Crippen LogP contribution in [0.1, 0.15) is 55.5 Å². The van der Waals surface area contributed by atoms with Gasteiger partial charge >= 0.3 is 0 Å². The van der Waals surface area contributed by atoms with Gasteiger partial charge in [-0.3, -0.25) is 9.59 Å². The van der Waals surface area contributed by atoms with Crippen molar-refractivity contribution in [1.82, 2.24) is 10.3 Å². The first-order valence-electron chi connectivity index (χ1n) is 12.9. The normalized spacial score (nSPS) is 17.6. The number of sulfone groups is 1. The molecule has 0 unspecified atom stereocenters. The number of amides is 2. The van der Waals surface area contributed by atoms with Crippen LogP contribution in [-0.2, 0) is 26.0 Å². The van der Waals surface area contributed by atoms with Crippen molar-refractivity contribution in [2.75, 3.05) is 11.9 Å². The zero-order chi connectivity index (χ0) is 28.0. The lowest BCUT2D eigenvalue weighted by molar-refractivity contribution is -0.115. The highest BCUT2D eigenvalue weighted by Crippen LogP contribution is 2.27. The maximum atomic E-state index is 12.5. The average Bonchev–Trinajstić information content (AvgIpc) is 3.40. The van der Waals surface area contributed by atoms with Crippen LogP contribution < -0.4 is 10.6 Å². The summed E-state index contributed by atoms with van der Waals surface area (Å²) in [6, 6.07) is 13.6. The van der Waals surface area contributed by atoms with Crippen molar-refractivity contribution < 1.29 is 27.9 Å². The van der Waals surface area contributed by atoms with E-state index in [1.165, 1.54) is 35.6 Å². The maximum absolute atomic E-state index is 12.5. The van der Waals surface area contributed by atoms with Gasteiger partial charge in [-0.05, 0) is 69.4 Å². The molecule has 9 nitrogen and oxygen atoms in total. The number of benzene rings is 2. The van der Waals surface area contributed by atoms with E-state index >= 15 is 0 Å². The van der Waals surface area contributed by atoms with Gasteiger partial charge in [0, 0.05) is 16.5 Å². The molecule has 1 heterocycles. The number of aliphatic hydroxyl groups is 1. The molecule has 1 aromatic heterocycles. The molecule has 4 rings (SSSR count). The zero-order valence-electron chi connectivity index (χ0n) is 21.9. The van der Waals surface area contributed by atoms with Crippen molar-refractivity contribution in [2.45, 2.75) is 68.5 Å². The topological polar surface area (TPSA) is 135 Å². The highest BCUT2D eigenvalue weighted by atomic mass is 32.2. The Morgan fingerprint density at radius 1 is 1.10 bits per heavy atom. The van der Waals surface area contributed by atoms with Crippen LogP contribution in [0.2, 0.25) is 0 Å². The Bertz CT molecular complexity index is 1410. The number of nitrogens with zero attached hydrogens (tertiary/aromatic N) is 1. The Labute approximate surface area is 232 Å². The number of hydrogen-bond acceptors (Lipinski definition) is 8. The first-order chi connectivity index (χ1) is 18.6. The van der Waals surface area contributed by atoms with Crippen LogP contribution in [0.25, 0.3) is 11.3 Å². The fourth-order valence-corrected chi connectivity index (χ4v) is 6.06. The number of carbonyl (C=O) groups is 2. The van der Waals surface area contributed by atoms with Gasteiger partial charge in [-0.2, -0.15) is 0 Å². The molecule has 0 aliphatic heterocycles. The highest BCUT2D eigenvalue weighted by molar-refractivity contribution is 7.92. The molecule has 0 spiro atoms. The molecule has 3 aromatic rings. The number of ether oxygens (including phenoxy) is 1. The second kappa shape index (κ2) is 12.8. The molecule has 0 atom stereocenters. The van der Waals surface area contributed by atoms with Gasteiger partial charge in [0.1, 0.15) is 0 Å². The molecule has 2 aromatic carbocycles. The summed E-state index contributed by atoms with van der Waals surface area (Å²) >= 11 is 1.28. The second-order valence-electron chi connectivity index (χ2n) is 9.83. The molecule has 1 fully saturated rings. The predicted octanol–water partition coefficient (Wildman–Crippen LogP) is 4.18. The lowest BCUT2D eigenvalue weighted by atomic mass is 9.95. The zero-order valence-corrected chi connectivity index (χ0v) is 23.6. The Balaban J connectivity index is 1.29. The molecular weight excluding hydrogens is 538 g/mol. The van der Waals surface area contributed by atoms with Crippen LogP contribution in [0.15, 0.2) is 58.8 Å². The minimum atomic E-state index is -3.52. The molecule has 1 aliphatic rings. The van der Waals surface area contributed by atoms with Gasteiger partial charge in [0.15, 0.2) is 15.0 Å². The van der Waals surface area contributed by atoms with E-state index in [1.54, 1.807) is 13.8 Å². The van der Waals surface area contributed by atoms with Gasteiger partial charge in [-0.1, -0.05) is 24.3 Å². The van der Waals surface area contributed by atoms with Crippen LogP contribution >= 0.6 is 11.3 Å². The smallest absolute Gasteiger partial charge is 0.251 e. The van der Waals surface area contributed by atoms with E-state index in [-0.39, 0.29) is 29.2 Å². The summed E-state index contributed by atoms with van der Waals surface area (Å²) in [5.41, 5.74) is 2.79. The number of thiazole rings is 1. The Morgan fingerprint density at radius 3 is 2.59 bits per heavy atom. The molecule has 3 N–H and O–H groups in total. The molecule has 1 aliphatic carbocycles. The summed E-state index contributed by atoms with van der Waals surface area (Å²) in [6.45, 7) is 3.34. The summed E-state index contributed by atoms with van der Waals surface area (Å²) in [6.07, 6.45) is 3.23. The Hall–Kier alpha value is -3.12. The Kier molecular flexibility index (Phi) is 9.49. The summed E-state index contributed by atoms with van der Waals surface area (Å²) in [7, 11) is -3.52. The third-order valence-electron chi connectivity index (χ3n) is 6.56. The molecule has 208 valence electrons. The second-order valence-corrected chi connectivity index (χ2v) is 13.2. The monoisotopic (exact) mass is 571 g/mol. The Morgan fingerprint density at radius 2 is 1.85 bits per heavy atom.